The Kier molecular flexibility index (Phi) is 4.90. The lowest BCUT2D eigenvalue weighted by Crippen LogP contribution is -2.10. The van der Waals surface area contributed by atoms with Crippen LogP contribution in [-0.4, -0.2) is 13.2 Å². The van der Waals surface area contributed by atoms with Crippen molar-refractivity contribution in [2.24, 2.45) is 0 Å². The minimum atomic E-state index is 0.690. The van der Waals surface area contributed by atoms with Crippen LogP contribution in [0.1, 0.15) is 44.7 Å². The summed E-state index contributed by atoms with van der Waals surface area (Å²) in [6, 6.07) is 8.46. The minimum Gasteiger partial charge on any atom is -0.493 e. The number of hydrogen-bond acceptors (Lipinski definition) is 2. The second-order valence-corrected chi connectivity index (χ2v) is 6.02. The first-order chi connectivity index (χ1) is 11.3. The zero-order valence-electron chi connectivity index (χ0n) is 14.4. The second kappa shape index (κ2) is 7.08. The summed E-state index contributed by atoms with van der Waals surface area (Å²) < 4.78 is 12.2. The fourth-order valence-corrected chi connectivity index (χ4v) is 3.56. The number of benzene rings is 2. The Balaban J connectivity index is 2.23. The first-order valence-electron chi connectivity index (χ1n) is 8.80. The molecule has 2 aromatic rings. The SMILES string of the molecule is CCCC1=CCc2c(c(OCC)c3ccccc3c2OCC)C1. The van der Waals surface area contributed by atoms with E-state index in [9.17, 15) is 0 Å². The van der Waals surface area contributed by atoms with Crippen LogP contribution in [0, 0.1) is 0 Å². The third-order valence-electron chi connectivity index (χ3n) is 4.48. The number of ether oxygens (including phenoxy) is 2. The van der Waals surface area contributed by atoms with Gasteiger partial charge in [0.05, 0.1) is 13.2 Å². The van der Waals surface area contributed by atoms with Crippen molar-refractivity contribution < 1.29 is 9.47 Å². The molecule has 0 spiro atoms. The van der Waals surface area contributed by atoms with Crippen molar-refractivity contribution in [2.45, 2.75) is 46.5 Å². The number of hydrogen-bond donors (Lipinski definition) is 0. The highest BCUT2D eigenvalue weighted by Gasteiger charge is 2.23. The molecule has 23 heavy (non-hydrogen) atoms. The minimum absolute atomic E-state index is 0.690. The Labute approximate surface area is 139 Å². The summed E-state index contributed by atoms with van der Waals surface area (Å²) in [7, 11) is 0. The standard InChI is InChI=1S/C21H26O2/c1-4-9-15-12-13-18-19(14-15)21(23-6-3)17-11-8-7-10-16(17)20(18)22-5-2/h7-8,10-12H,4-6,9,13-14H2,1-3H3. The quantitative estimate of drug-likeness (QED) is 0.659. The van der Waals surface area contributed by atoms with Crippen molar-refractivity contribution in [3.8, 4) is 11.5 Å². The Morgan fingerprint density at radius 2 is 1.48 bits per heavy atom. The number of fused-ring (bicyclic) bond motifs is 2. The Hall–Kier alpha value is -1.96. The molecular weight excluding hydrogens is 284 g/mol. The van der Waals surface area contributed by atoms with E-state index < -0.39 is 0 Å². The van der Waals surface area contributed by atoms with Gasteiger partial charge in [-0.25, -0.2) is 0 Å². The molecule has 0 bridgehead atoms. The highest BCUT2D eigenvalue weighted by molar-refractivity contribution is 5.96. The Morgan fingerprint density at radius 1 is 0.870 bits per heavy atom. The monoisotopic (exact) mass is 310 g/mol. The van der Waals surface area contributed by atoms with Gasteiger partial charge in [-0.15, -0.1) is 0 Å². The molecule has 1 aliphatic carbocycles. The molecule has 0 amide bonds. The molecule has 0 saturated carbocycles. The predicted molar refractivity (Wildman–Crippen MR) is 96.7 cm³/mol. The molecule has 3 rings (SSSR count). The van der Waals surface area contributed by atoms with Crippen LogP contribution < -0.4 is 9.47 Å². The topological polar surface area (TPSA) is 18.5 Å². The normalized spacial score (nSPS) is 13.6. The largest absolute Gasteiger partial charge is 0.493 e. The van der Waals surface area contributed by atoms with Crippen molar-refractivity contribution in [2.75, 3.05) is 13.2 Å². The van der Waals surface area contributed by atoms with Gasteiger partial charge in [0, 0.05) is 21.9 Å². The molecule has 0 fully saturated rings. The Morgan fingerprint density at radius 3 is 2.04 bits per heavy atom. The van der Waals surface area contributed by atoms with Crippen molar-refractivity contribution in [3.63, 3.8) is 0 Å². The first kappa shape index (κ1) is 15.9. The van der Waals surface area contributed by atoms with E-state index >= 15 is 0 Å². The fraction of sp³-hybridized carbons (Fsp3) is 0.429. The molecule has 2 heteroatoms. The zero-order chi connectivity index (χ0) is 16.2. The van der Waals surface area contributed by atoms with Crippen LogP contribution in [-0.2, 0) is 12.8 Å². The van der Waals surface area contributed by atoms with E-state index in [1.165, 1.54) is 40.3 Å². The van der Waals surface area contributed by atoms with Crippen LogP contribution in [0.3, 0.4) is 0 Å². The summed E-state index contributed by atoms with van der Waals surface area (Å²) >= 11 is 0. The molecule has 0 saturated heterocycles. The summed E-state index contributed by atoms with van der Waals surface area (Å²) in [4.78, 5) is 0. The van der Waals surface area contributed by atoms with Crippen LogP contribution in [0.5, 0.6) is 11.5 Å². The molecule has 0 heterocycles. The second-order valence-electron chi connectivity index (χ2n) is 6.02. The average Bonchev–Trinajstić information content (AvgIpc) is 2.58. The van der Waals surface area contributed by atoms with E-state index in [4.69, 9.17) is 9.47 Å². The summed E-state index contributed by atoms with van der Waals surface area (Å²) in [5.41, 5.74) is 4.17. The van der Waals surface area contributed by atoms with Gasteiger partial charge >= 0.3 is 0 Å². The fourth-order valence-electron chi connectivity index (χ4n) is 3.56. The highest BCUT2D eigenvalue weighted by atomic mass is 16.5. The van der Waals surface area contributed by atoms with Crippen LogP contribution in [0.25, 0.3) is 10.8 Å². The van der Waals surface area contributed by atoms with E-state index in [0.717, 1.165) is 24.3 Å². The van der Waals surface area contributed by atoms with Gasteiger partial charge in [-0.3, -0.25) is 0 Å². The zero-order valence-corrected chi connectivity index (χ0v) is 14.4. The van der Waals surface area contributed by atoms with Crippen LogP contribution >= 0.6 is 0 Å². The van der Waals surface area contributed by atoms with E-state index in [1.54, 1.807) is 0 Å². The van der Waals surface area contributed by atoms with Gasteiger partial charge in [0.2, 0.25) is 0 Å². The number of rotatable bonds is 6. The van der Waals surface area contributed by atoms with Crippen LogP contribution in [0.2, 0.25) is 0 Å². The molecule has 0 radical (unpaired) electrons. The summed E-state index contributed by atoms with van der Waals surface area (Å²) in [6.45, 7) is 7.74. The van der Waals surface area contributed by atoms with Crippen molar-refractivity contribution in [1.29, 1.82) is 0 Å². The number of allylic oxidation sites excluding steroid dienone is 2. The van der Waals surface area contributed by atoms with Gasteiger partial charge in [-0.2, -0.15) is 0 Å². The van der Waals surface area contributed by atoms with E-state index in [0.29, 0.717) is 13.2 Å². The smallest absolute Gasteiger partial charge is 0.131 e. The van der Waals surface area contributed by atoms with Gasteiger partial charge in [-0.1, -0.05) is 49.3 Å². The van der Waals surface area contributed by atoms with Gasteiger partial charge in [-0.05, 0) is 33.1 Å². The van der Waals surface area contributed by atoms with Crippen LogP contribution in [0.15, 0.2) is 35.9 Å². The molecule has 0 atom stereocenters. The maximum Gasteiger partial charge on any atom is 0.131 e. The third kappa shape index (κ3) is 2.95. The molecular formula is C21H26O2. The lowest BCUT2D eigenvalue weighted by Gasteiger charge is -2.25. The van der Waals surface area contributed by atoms with E-state index in [1.807, 2.05) is 0 Å². The van der Waals surface area contributed by atoms with Gasteiger partial charge in [0.15, 0.2) is 0 Å². The molecule has 2 aromatic carbocycles. The Bertz CT molecular complexity index is 728. The predicted octanol–water partition coefficient (Wildman–Crippen LogP) is 5.46. The lowest BCUT2D eigenvalue weighted by molar-refractivity contribution is 0.331. The highest BCUT2D eigenvalue weighted by Crippen LogP contribution is 2.44. The molecule has 0 unspecified atom stereocenters. The molecule has 1 aliphatic rings. The van der Waals surface area contributed by atoms with Gasteiger partial charge < -0.3 is 9.47 Å². The van der Waals surface area contributed by atoms with E-state index in [-0.39, 0.29) is 0 Å². The molecule has 2 nitrogen and oxygen atoms in total. The van der Waals surface area contributed by atoms with E-state index in [2.05, 4.69) is 51.1 Å². The van der Waals surface area contributed by atoms with Crippen molar-refractivity contribution in [1.82, 2.24) is 0 Å². The maximum absolute atomic E-state index is 6.09. The van der Waals surface area contributed by atoms with Crippen molar-refractivity contribution in [3.05, 3.63) is 47.0 Å². The third-order valence-corrected chi connectivity index (χ3v) is 4.48. The molecule has 122 valence electrons. The average molecular weight is 310 g/mol. The van der Waals surface area contributed by atoms with Gasteiger partial charge in [0.1, 0.15) is 11.5 Å². The van der Waals surface area contributed by atoms with Crippen molar-refractivity contribution >= 4 is 10.8 Å². The summed E-state index contributed by atoms with van der Waals surface area (Å²) in [6.07, 6.45) is 6.69. The molecule has 0 N–H and O–H groups in total. The molecule has 0 aromatic heterocycles. The first-order valence-corrected chi connectivity index (χ1v) is 8.80. The lowest BCUT2D eigenvalue weighted by atomic mass is 9.86. The van der Waals surface area contributed by atoms with Gasteiger partial charge in [0.25, 0.3) is 0 Å². The molecule has 0 aliphatic heterocycles. The summed E-state index contributed by atoms with van der Waals surface area (Å²) in [5.74, 6) is 2.11. The summed E-state index contributed by atoms with van der Waals surface area (Å²) in [5, 5.41) is 2.35. The maximum atomic E-state index is 6.09. The van der Waals surface area contributed by atoms with Crippen LogP contribution in [0.4, 0.5) is 0 Å².